The van der Waals surface area contributed by atoms with Crippen molar-refractivity contribution >= 4 is 18.5 Å². The summed E-state index contributed by atoms with van der Waals surface area (Å²) in [5, 5.41) is 0. The van der Waals surface area contributed by atoms with Gasteiger partial charge in [0.05, 0.1) is 11.5 Å². The van der Waals surface area contributed by atoms with Gasteiger partial charge in [-0.3, -0.25) is 4.79 Å². The summed E-state index contributed by atoms with van der Waals surface area (Å²) in [6.07, 6.45) is 6.89. The number of halogens is 1. The van der Waals surface area contributed by atoms with Gasteiger partial charge in [0.15, 0.2) is 0 Å². The minimum absolute atomic E-state index is 0.192. The number of carbonyl (C=O) groups excluding carboxylic acids is 1. The first-order valence-electron chi connectivity index (χ1n) is 10.2. The third-order valence-electron chi connectivity index (χ3n) is 5.68. The van der Waals surface area contributed by atoms with Gasteiger partial charge in [-0.05, 0) is 87.1 Å². The number of thiol groups is 1. The Bertz CT molecular complexity index is 845. The van der Waals surface area contributed by atoms with Gasteiger partial charge in [0.1, 0.15) is 11.6 Å². The molecule has 1 aliphatic carbocycles. The molecular weight excluding hydrogens is 385 g/mol. The quantitative estimate of drug-likeness (QED) is 0.594. The van der Waals surface area contributed by atoms with Crippen LogP contribution in [0.25, 0.3) is 11.1 Å². The summed E-state index contributed by atoms with van der Waals surface area (Å²) >= 11 is 3.53. The Morgan fingerprint density at radius 1 is 1.17 bits per heavy atom. The van der Waals surface area contributed by atoms with E-state index in [4.69, 9.17) is 10.5 Å². The van der Waals surface area contributed by atoms with Crippen molar-refractivity contribution in [3.05, 3.63) is 53.3 Å². The number of ether oxygens (including phenoxy) is 1. The first-order valence-corrected chi connectivity index (χ1v) is 11.1. The molecule has 0 bridgehead atoms. The second-order valence-corrected chi connectivity index (χ2v) is 7.84. The Labute approximate surface area is 179 Å². The van der Waals surface area contributed by atoms with Crippen LogP contribution in [0.2, 0.25) is 0 Å². The van der Waals surface area contributed by atoms with E-state index in [1.807, 2.05) is 31.2 Å². The van der Waals surface area contributed by atoms with E-state index in [1.165, 1.54) is 18.9 Å². The van der Waals surface area contributed by atoms with Crippen LogP contribution in [0.1, 0.15) is 57.6 Å². The molecule has 2 aromatic rings. The van der Waals surface area contributed by atoms with Gasteiger partial charge in [0, 0.05) is 5.56 Å². The van der Waals surface area contributed by atoms with Crippen LogP contribution in [0.4, 0.5) is 4.39 Å². The maximum absolute atomic E-state index is 14.4. The zero-order valence-electron chi connectivity index (χ0n) is 17.8. The lowest BCUT2D eigenvalue weighted by Crippen LogP contribution is -2.35. The van der Waals surface area contributed by atoms with E-state index in [0.29, 0.717) is 12.0 Å². The molecule has 0 aromatic heterocycles. The SMILES string of the molecule is CCc1c(F)cccc1-c1cc(C(C)(C)C(N)=O)ccc1OC1CCCC1.CS. The van der Waals surface area contributed by atoms with Gasteiger partial charge in [-0.1, -0.05) is 25.1 Å². The molecule has 29 heavy (non-hydrogen) atoms. The predicted molar refractivity (Wildman–Crippen MR) is 121 cm³/mol. The van der Waals surface area contributed by atoms with Crippen LogP contribution in [0.5, 0.6) is 5.75 Å². The zero-order valence-corrected chi connectivity index (χ0v) is 18.7. The number of carbonyl (C=O) groups is 1. The number of hydrogen-bond acceptors (Lipinski definition) is 3. The molecule has 0 aliphatic heterocycles. The topological polar surface area (TPSA) is 52.3 Å². The van der Waals surface area contributed by atoms with Gasteiger partial charge < -0.3 is 10.5 Å². The van der Waals surface area contributed by atoms with E-state index < -0.39 is 11.3 Å². The van der Waals surface area contributed by atoms with Gasteiger partial charge in [-0.2, -0.15) is 12.6 Å². The second kappa shape index (κ2) is 10.1. The van der Waals surface area contributed by atoms with Crippen LogP contribution in [0, 0.1) is 5.82 Å². The van der Waals surface area contributed by atoms with Crippen molar-refractivity contribution in [1.82, 2.24) is 0 Å². The number of amides is 1. The highest BCUT2D eigenvalue weighted by atomic mass is 32.1. The number of hydrogen-bond donors (Lipinski definition) is 2. The molecule has 2 N–H and O–H groups in total. The molecule has 3 rings (SSSR count). The van der Waals surface area contributed by atoms with Crippen molar-refractivity contribution in [2.45, 2.75) is 64.4 Å². The van der Waals surface area contributed by atoms with Crippen molar-refractivity contribution in [2.75, 3.05) is 6.26 Å². The average molecular weight is 418 g/mol. The third kappa shape index (κ3) is 5.13. The highest BCUT2D eigenvalue weighted by molar-refractivity contribution is 7.79. The summed E-state index contributed by atoms with van der Waals surface area (Å²) in [4.78, 5) is 11.9. The van der Waals surface area contributed by atoms with Crippen molar-refractivity contribution in [2.24, 2.45) is 5.73 Å². The Balaban J connectivity index is 0.00000145. The van der Waals surface area contributed by atoms with Gasteiger partial charge >= 0.3 is 0 Å². The fraction of sp³-hybridized carbons (Fsp3) is 0.458. The summed E-state index contributed by atoms with van der Waals surface area (Å²) in [6.45, 7) is 5.55. The fourth-order valence-electron chi connectivity index (χ4n) is 3.73. The molecule has 0 unspecified atom stereocenters. The summed E-state index contributed by atoms with van der Waals surface area (Å²) < 4.78 is 20.7. The lowest BCUT2D eigenvalue weighted by molar-refractivity contribution is -0.122. The van der Waals surface area contributed by atoms with Crippen molar-refractivity contribution in [1.29, 1.82) is 0 Å². The molecule has 0 atom stereocenters. The van der Waals surface area contributed by atoms with E-state index in [1.54, 1.807) is 26.2 Å². The van der Waals surface area contributed by atoms with Crippen LogP contribution in [0.15, 0.2) is 36.4 Å². The van der Waals surface area contributed by atoms with Crippen LogP contribution < -0.4 is 10.5 Å². The molecule has 0 saturated heterocycles. The lowest BCUT2D eigenvalue weighted by Gasteiger charge is -2.24. The van der Waals surface area contributed by atoms with E-state index in [0.717, 1.165) is 35.3 Å². The van der Waals surface area contributed by atoms with Crippen molar-refractivity contribution in [3.63, 3.8) is 0 Å². The fourth-order valence-corrected chi connectivity index (χ4v) is 3.73. The van der Waals surface area contributed by atoms with E-state index in [-0.39, 0.29) is 11.9 Å². The molecule has 1 saturated carbocycles. The molecule has 5 heteroatoms. The van der Waals surface area contributed by atoms with Gasteiger partial charge in [-0.15, -0.1) is 0 Å². The summed E-state index contributed by atoms with van der Waals surface area (Å²) in [5.41, 5.74) is 7.89. The van der Waals surface area contributed by atoms with Crippen molar-refractivity contribution < 1.29 is 13.9 Å². The average Bonchev–Trinajstić information content (AvgIpc) is 3.22. The van der Waals surface area contributed by atoms with Gasteiger partial charge in [0.25, 0.3) is 0 Å². The molecule has 0 heterocycles. The number of primary amides is 1. The number of rotatable bonds is 6. The standard InChI is InChI=1S/C23H28FNO2.CH4S/c1-4-17-18(10-7-11-20(17)24)19-14-15(23(2,3)22(25)26)12-13-21(19)27-16-8-5-6-9-16;1-2/h7,10-14,16H,4-6,8-9H2,1-3H3,(H2,25,26);2H,1H3. The molecule has 1 fully saturated rings. The molecule has 1 amide bonds. The monoisotopic (exact) mass is 417 g/mol. The molecular formula is C24H32FNO2S. The van der Waals surface area contributed by atoms with Crippen molar-refractivity contribution in [3.8, 4) is 16.9 Å². The second-order valence-electron chi connectivity index (χ2n) is 7.84. The van der Waals surface area contributed by atoms with Crippen LogP contribution >= 0.6 is 12.6 Å². The number of nitrogens with two attached hydrogens (primary N) is 1. The zero-order chi connectivity index (χ0) is 21.6. The first-order chi connectivity index (χ1) is 13.8. The highest BCUT2D eigenvalue weighted by Crippen LogP contribution is 2.39. The Morgan fingerprint density at radius 3 is 2.41 bits per heavy atom. The minimum atomic E-state index is -0.819. The van der Waals surface area contributed by atoms with E-state index in [2.05, 4.69) is 12.6 Å². The smallest absolute Gasteiger partial charge is 0.227 e. The Morgan fingerprint density at radius 2 is 1.83 bits per heavy atom. The molecule has 158 valence electrons. The minimum Gasteiger partial charge on any atom is -0.490 e. The van der Waals surface area contributed by atoms with Gasteiger partial charge in [0.2, 0.25) is 5.91 Å². The van der Waals surface area contributed by atoms with Crippen LogP contribution in [0.3, 0.4) is 0 Å². The van der Waals surface area contributed by atoms with Gasteiger partial charge in [-0.25, -0.2) is 4.39 Å². The van der Waals surface area contributed by atoms with Crippen LogP contribution in [-0.2, 0) is 16.6 Å². The summed E-state index contributed by atoms with van der Waals surface area (Å²) in [6, 6.07) is 10.8. The molecule has 2 aromatic carbocycles. The third-order valence-corrected chi connectivity index (χ3v) is 5.68. The Kier molecular flexibility index (Phi) is 8.14. The summed E-state index contributed by atoms with van der Waals surface area (Å²) in [5.74, 6) is 0.125. The first kappa shape index (κ1) is 23.3. The normalized spacial score (nSPS) is 14.3. The predicted octanol–water partition coefficient (Wildman–Crippen LogP) is 5.69. The Hall–Kier alpha value is -2.01. The van der Waals surface area contributed by atoms with E-state index >= 15 is 0 Å². The van der Waals surface area contributed by atoms with Crippen LogP contribution in [-0.4, -0.2) is 18.3 Å². The lowest BCUT2D eigenvalue weighted by atomic mass is 9.82. The molecule has 0 spiro atoms. The van der Waals surface area contributed by atoms with E-state index in [9.17, 15) is 9.18 Å². The highest BCUT2D eigenvalue weighted by Gasteiger charge is 2.29. The number of benzene rings is 2. The molecule has 3 nitrogen and oxygen atoms in total. The molecule has 0 radical (unpaired) electrons. The maximum atomic E-state index is 14.4. The summed E-state index contributed by atoms with van der Waals surface area (Å²) in [7, 11) is 0. The maximum Gasteiger partial charge on any atom is 0.227 e. The largest absolute Gasteiger partial charge is 0.490 e. The molecule has 1 aliphatic rings.